The molecule has 2 heterocycles. The average molecular weight is 374 g/mol. The molecule has 2 aromatic carbocycles. The minimum atomic E-state index is -1.61. The van der Waals surface area contributed by atoms with Crippen LogP contribution in [0.15, 0.2) is 36.4 Å². The maximum atomic E-state index is 14.6. The number of aryl methyl sites for hydroxylation is 1. The molecule has 3 N–H and O–H groups in total. The average Bonchev–Trinajstić information content (AvgIpc) is 2.99. The maximum absolute atomic E-state index is 14.6. The number of fused-ring (bicyclic) bond motifs is 2. The maximum Gasteiger partial charge on any atom is 0.225 e. The summed E-state index contributed by atoms with van der Waals surface area (Å²) in [6, 6.07) is 10.9. The van der Waals surface area contributed by atoms with E-state index in [2.05, 4.69) is 0 Å². The van der Waals surface area contributed by atoms with Gasteiger partial charge in [-0.1, -0.05) is 29.8 Å². The van der Waals surface area contributed by atoms with Crippen LogP contribution in [-0.2, 0) is 28.3 Å². The summed E-state index contributed by atoms with van der Waals surface area (Å²) in [5.41, 5.74) is 3.60. The van der Waals surface area contributed by atoms with Crippen LogP contribution in [0.2, 0.25) is 0 Å². The molecular formula is C21H23FO5. The van der Waals surface area contributed by atoms with E-state index in [1.165, 1.54) is 6.07 Å². The Morgan fingerprint density at radius 1 is 1.11 bits per heavy atom. The number of rotatable bonds is 2. The van der Waals surface area contributed by atoms with Crippen molar-refractivity contribution in [3.63, 3.8) is 0 Å². The molecule has 0 saturated carbocycles. The lowest BCUT2D eigenvalue weighted by atomic mass is 9.86. The monoisotopic (exact) mass is 374 g/mol. The molecule has 0 radical (unpaired) electrons. The first-order valence-corrected chi connectivity index (χ1v) is 9.05. The molecule has 27 heavy (non-hydrogen) atoms. The number of benzene rings is 2. The van der Waals surface area contributed by atoms with Crippen LogP contribution in [0.3, 0.4) is 0 Å². The van der Waals surface area contributed by atoms with E-state index in [1.807, 2.05) is 31.2 Å². The molecule has 0 unspecified atom stereocenters. The molecule has 144 valence electrons. The highest BCUT2D eigenvalue weighted by atomic mass is 19.1. The van der Waals surface area contributed by atoms with E-state index in [1.54, 1.807) is 13.0 Å². The second kappa shape index (κ2) is 6.65. The molecule has 6 heteroatoms. The highest BCUT2D eigenvalue weighted by molar-refractivity contribution is 5.42. The molecule has 0 aliphatic carbocycles. The lowest BCUT2D eigenvalue weighted by Gasteiger charge is -2.45. The van der Waals surface area contributed by atoms with Crippen LogP contribution in [0, 0.1) is 12.7 Å². The molecule has 0 amide bonds. The fraction of sp³-hybridized carbons (Fsp3) is 0.429. The van der Waals surface area contributed by atoms with Crippen molar-refractivity contribution < 1.29 is 29.2 Å². The highest BCUT2D eigenvalue weighted by Crippen LogP contribution is 2.46. The number of halogens is 1. The molecular weight excluding hydrogens is 351 g/mol. The van der Waals surface area contributed by atoms with Crippen LogP contribution >= 0.6 is 0 Å². The number of hydrogen-bond donors (Lipinski definition) is 3. The van der Waals surface area contributed by atoms with Gasteiger partial charge in [0.15, 0.2) is 0 Å². The summed E-state index contributed by atoms with van der Waals surface area (Å²) >= 11 is 0. The van der Waals surface area contributed by atoms with Crippen LogP contribution in [0.1, 0.15) is 34.7 Å². The standard InChI is InChI=1S/C21H23FO5/c1-11-3-5-13(6-4-11)7-14-8-16-15(9-17(14)22)10-26-21(16)20(25)19(24)18(23)12(2)27-21/h3-6,8-9,12,18-20,23-25H,7,10H2,1-2H3/t12-,18-,19+,20-,21+/m1/s1. The zero-order valence-corrected chi connectivity index (χ0v) is 15.2. The van der Waals surface area contributed by atoms with Gasteiger partial charge in [-0.3, -0.25) is 0 Å². The Morgan fingerprint density at radius 3 is 2.52 bits per heavy atom. The van der Waals surface area contributed by atoms with Crippen molar-refractivity contribution in [2.75, 3.05) is 0 Å². The lowest BCUT2D eigenvalue weighted by Crippen LogP contribution is -2.62. The number of hydrogen-bond acceptors (Lipinski definition) is 5. The molecule has 1 fully saturated rings. The number of aliphatic hydroxyl groups is 3. The lowest BCUT2D eigenvalue weighted by molar-refractivity contribution is -0.362. The van der Waals surface area contributed by atoms with Gasteiger partial charge in [-0.05, 0) is 42.7 Å². The van der Waals surface area contributed by atoms with Crippen molar-refractivity contribution in [1.29, 1.82) is 0 Å². The second-order valence-electron chi connectivity index (χ2n) is 7.47. The van der Waals surface area contributed by atoms with Crippen LogP contribution in [0.25, 0.3) is 0 Å². The van der Waals surface area contributed by atoms with Crippen molar-refractivity contribution in [1.82, 2.24) is 0 Å². The second-order valence-corrected chi connectivity index (χ2v) is 7.47. The van der Waals surface area contributed by atoms with Crippen molar-refractivity contribution in [2.45, 2.75) is 57.1 Å². The Hall–Kier alpha value is -1.83. The van der Waals surface area contributed by atoms with Gasteiger partial charge in [0, 0.05) is 12.0 Å². The van der Waals surface area contributed by atoms with Gasteiger partial charge in [0.2, 0.25) is 5.79 Å². The Labute approximate surface area is 157 Å². The third kappa shape index (κ3) is 2.98. The van der Waals surface area contributed by atoms with Crippen molar-refractivity contribution in [3.8, 4) is 0 Å². The SMILES string of the molecule is Cc1ccc(Cc2cc3c(cc2F)CO[C@]32O[C@H](C)[C@@H](O)[C@H](O)[C@H]2O)cc1. The van der Waals surface area contributed by atoms with E-state index in [0.717, 1.165) is 11.1 Å². The van der Waals surface area contributed by atoms with Crippen LogP contribution < -0.4 is 0 Å². The Balaban J connectivity index is 1.73. The zero-order valence-electron chi connectivity index (χ0n) is 15.2. The zero-order chi connectivity index (χ0) is 19.3. The molecule has 5 nitrogen and oxygen atoms in total. The normalized spacial score (nSPS) is 32.7. The summed E-state index contributed by atoms with van der Waals surface area (Å²) in [6.07, 6.45) is -4.51. The number of ether oxygens (including phenoxy) is 2. The summed E-state index contributed by atoms with van der Waals surface area (Å²) in [4.78, 5) is 0. The summed E-state index contributed by atoms with van der Waals surface area (Å²) in [5, 5.41) is 30.8. The van der Waals surface area contributed by atoms with E-state index < -0.39 is 30.2 Å². The molecule has 2 aliphatic heterocycles. The van der Waals surface area contributed by atoms with Crippen LogP contribution in [0.5, 0.6) is 0 Å². The topological polar surface area (TPSA) is 79.2 Å². The fourth-order valence-corrected chi connectivity index (χ4v) is 3.87. The van der Waals surface area contributed by atoms with Gasteiger partial charge in [-0.15, -0.1) is 0 Å². The minimum Gasteiger partial charge on any atom is -0.388 e. The molecule has 0 bridgehead atoms. The highest BCUT2D eigenvalue weighted by Gasteiger charge is 2.57. The van der Waals surface area contributed by atoms with Gasteiger partial charge >= 0.3 is 0 Å². The fourth-order valence-electron chi connectivity index (χ4n) is 3.87. The predicted molar refractivity (Wildman–Crippen MR) is 95.4 cm³/mol. The predicted octanol–water partition coefficient (Wildman–Crippen LogP) is 1.91. The van der Waals surface area contributed by atoms with Gasteiger partial charge in [-0.25, -0.2) is 4.39 Å². The summed E-state index contributed by atoms with van der Waals surface area (Å²) < 4.78 is 26.2. The Bertz CT molecular complexity index is 852. The Morgan fingerprint density at radius 2 is 1.81 bits per heavy atom. The third-order valence-electron chi connectivity index (χ3n) is 5.51. The van der Waals surface area contributed by atoms with Gasteiger partial charge in [-0.2, -0.15) is 0 Å². The molecule has 2 aliphatic rings. The van der Waals surface area contributed by atoms with Crippen molar-refractivity contribution >= 4 is 0 Å². The quantitative estimate of drug-likeness (QED) is 0.748. The van der Waals surface area contributed by atoms with E-state index in [0.29, 0.717) is 23.1 Å². The third-order valence-corrected chi connectivity index (χ3v) is 5.51. The van der Waals surface area contributed by atoms with Gasteiger partial charge in [0.05, 0.1) is 12.7 Å². The van der Waals surface area contributed by atoms with Crippen LogP contribution in [0.4, 0.5) is 4.39 Å². The van der Waals surface area contributed by atoms with E-state index in [-0.39, 0.29) is 12.4 Å². The first-order valence-electron chi connectivity index (χ1n) is 9.05. The molecule has 4 rings (SSSR count). The summed E-state index contributed by atoms with van der Waals surface area (Å²) in [7, 11) is 0. The molecule has 0 aromatic heterocycles. The summed E-state index contributed by atoms with van der Waals surface area (Å²) in [5.74, 6) is -1.96. The van der Waals surface area contributed by atoms with Gasteiger partial charge in [0.1, 0.15) is 24.1 Å². The van der Waals surface area contributed by atoms with Crippen molar-refractivity contribution in [2.24, 2.45) is 0 Å². The number of aliphatic hydroxyl groups excluding tert-OH is 3. The van der Waals surface area contributed by atoms with Crippen molar-refractivity contribution in [3.05, 3.63) is 70.0 Å². The summed E-state index contributed by atoms with van der Waals surface area (Å²) in [6.45, 7) is 3.65. The van der Waals surface area contributed by atoms with E-state index in [4.69, 9.17) is 9.47 Å². The molecule has 1 spiro atoms. The Kier molecular flexibility index (Phi) is 4.56. The smallest absolute Gasteiger partial charge is 0.225 e. The van der Waals surface area contributed by atoms with E-state index >= 15 is 0 Å². The largest absolute Gasteiger partial charge is 0.388 e. The molecule has 1 saturated heterocycles. The van der Waals surface area contributed by atoms with Crippen LogP contribution in [-0.4, -0.2) is 39.7 Å². The van der Waals surface area contributed by atoms with Gasteiger partial charge < -0.3 is 24.8 Å². The first kappa shape index (κ1) is 18.5. The van der Waals surface area contributed by atoms with E-state index in [9.17, 15) is 19.7 Å². The molecule has 5 atom stereocenters. The molecule has 2 aromatic rings. The minimum absolute atomic E-state index is 0.0592. The first-order chi connectivity index (χ1) is 12.8. The van der Waals surface area contributed by atoms with Gasteiger partial charge in [0.25, 0.3) is 0 Å².